The number of hydrazone groups is 2. The van der Waals surface area contributed by atoms with Crippen LogP contribution in [0.2, 0.25) is 0 Å². The van der Waals surface area contributed by atoms with Gasteiger partial charge in [-0.3, -0.25) is 10.9 Å². The summed E-state index contributed by atoms with van der Waals surface area (Å²) in [6.07, 6.45) is 2.31. The Bertz CT molecular complexity index is 1830. The van der Waals surface area contributed by atoms with Crippen molar-refractivity contribution in [3.8, 4) is 5.75 Å². The molecule has 12 nitrogen and oxygen atoms in total. The van der Waals surface area contributed by atoms with Crippen molar-refractivity contribution in [2.24, 2.45) is 10.2 Å². The lowest BCUT2D eigenvalue weighted by molar-refractivity contribution is 0.415. The van der Waals surface area contributed by atoms with Crippen molar-refractivity contribution in [1.82, 2.24) is 9.97 Å². The lowest BCUT2D eigenvalue weighted by atomic mass is 10.1. The third-order valence-corrected chi connectivity index (χ3v) is 8.75. The Hall–Kier alpha value is -4.82. The van der Waals surface area contributed by atoms with Crippen LogP contribution in [0, 0.1) is 6.92 Å². The van der Waals surface area contributed by atoms with Gasteiger partial charge in [0.25, 0.3) is 0 Å². The molecule has 0 amide bonds. The maximum atomic E-state index is 11.8. The van der Waals surface area contributed by atoms with Crippen molar-refractivity contribution in [1.29, 1.82) is 0 Å². The molecule has 4 aromatic rings. The van der Waals surface area contributed by atoms with Gasteiger partial charge in [-0.25, -0.2) is 16.8 Å². The molecular weight excluding hydrogens is 603 g/mol. The number of aromatic nitrogens is 2. The van der Waals surface area contributed by atoms with Crippen molar-refractivity contribution >= 4 is 54.4 Å². The highest BCUT2D eigenvalue weighted by Crippen LogP contribution is 2.25. The highest BCUT2D eigenvalue weighted by atomic mass is 32.2. The number of sulfone groups is 2. The average Bonchev–Trinajstić information content (AvgIpc) is 2.99. The lowest BCUT2D eigenvalue weighted by Gasteiger charge is -2.13. The molecule has 0 bridgehead atoms. The first-order chi connectivity index (χ1) is 20.7. The lowest BCUT2D eigenvalue weighted by Crippen LogP contribution is -2.07. The monoisotopic (exact) mass is 635 g/mol. The van der Waals surface area contributed by atoms with Gasteiger partial charge in [0.2, 0.25) is 5.95 Å². The number of hydrogen-bond donors (Lipinski definition) is 3. The first kappa shape index (κ1) is 32.1. The zero-order valence-corrected chi connectivity index (χ0v) is 26.7. The molecule has 0 aliphatic heterocycles. The number of methoxy groups -OCH3 is 1. The summed E-state index contributed by atoms with van der Waals surface area (Å²) in [4.78, 5) is 9.54. The molecule has 0 aliphatic carbocycles. The molecule has 1 aromatic heterocycles. The molecule has 44 heavy (non-hydrogen) atoms. The van der Waals surface area contributed by atoms with Gasteiger partial charge < -0.3 is 10.1 Å². The first-order valence-corrected chi connectivity index (χ1v) is 17.0. The smallest absolute Gasteiger partial charge is 0.231 e. The fraction of sp³-hybridized carbons (Fsp3) is 0.200. The maximum Gasteiger partial charge on any atom is 0.231 e. The van der Waals surface area contributed by atoms with Gasteiger partial charge in [-0.05, 0) is 67.8 Å². The van der Waals surface area contributed by atoms with Crippen molar-refractivity contribution in [2.75, 3.05) is 35.8 Å². The van der Waals surface area contributed by atoms with Crippen LogP contribution < -0.4 is 20.9 Å². The highest BCUT2D eigenvalue weighted by molar-refractivity contribution is 7.91. The van der Waals surface area contributed by atoms with Gasteiger partial charge in [0.1, 0.15) is 5.75 Å². The molecule has 230 valence electrons. The molecule has 0 spiro atoms. The highest BCUT2D eigenvalue weighted by Gasteiger charge is 2.11. The van der Waals surface area contributed by atoms with Crippen LogP contribution in [0.15, 0.2) is 92.8 Å². The maximum absolute atomic E-state index is 11.8. The Morgan fingerprint density at radius 1 is 0.705 bits per heavy atom. The van der Waals surface area contributed by atoms with Gasteiger partial charge in [-0.1, -0.05) is 30.3 Å². The average molecular weight is 636 g/mol. The second-order valence-electron chi connectivity index (χ2n) is 9.98. The Morgan fingerprint density at radius 3 is 1.57 bits per heavy atom. The van der Waals surface area contributed by atoms with Gasteiger partial charge >= 0.3 is 0 Å². The van der Waals surface area contributed by atoms with Gasteiger partial charge in [-0.2, -0.15) is 20.2 Å². The fourth-order valence-corrected chi connectivity index (χ4v) is 5.16. The SMILES string of the molecule is COc1ccc(C)c(Nc2nc(NN=C(C)c3ccc(S(C)(=O)=O)cc3)cc(NN=C(C)c3ccc(S(C)(=O)=O)cc3)n2)c1. The van der Waals surface area contributed by atoms with Gasteiger partial charge in [0.15, 0.2) is 31.3 Å². The van der Waals surface area contributed by atoms with E-state index in [1.54, 1.807) is 51.3 Å². The van der Waals surface area contributed by atoms with E-state index in [4.69, 9.17) is 4.74 Å². The first-order valence-electron chi connectivity index (χ1n) is 13.3. The molecule has 0 aliphatic rings. The summed E-state index contributed by atoms with van der Waals surface area (Å²) in [7, 11) is -5.04. The molecule has 0 fully saturated rings. The van der Waals surface area contributed by atoms with Crippen LogP contribution >= 0.6 is 0 Å². The van der Waals surface area contributed by atoms with Crippen LogP contribution in [0.25, 0.3) is 0 Å². The minimum Gasteiger partial charge on any atom is -0.497 e. The Morgan fingerprint density at radius 2 is 1.16 bits per heavy atom. The third kappa shape index (κ3) is 8.39. The topological polar surface area (TPSA) is 164 Å². The van der Waals surface area contributed by atoms with Gasteiger partial charge in [0.05, 0.1) is 28.3 Å². The third-order valence-electron chi connectivity index (χ3n) is 6.49. The number of benzene rings is 3. The molecule has 0 saturated heterocycles. The standard InChI is InChI=1S/C30H33N7O5S2/c1-19-7-12-24(42-4)17-27(19)31-30-32-28(36-34-20(2)22-8-13-25(14-9-22)43(5,38)39)18-29(33-30)37-35-21(3)23-10-15-26(16-11-23)44(6,40)41/h7-18H,1-6H3,(H3,31,32,33,36,37). The minimum atomic E-state index is -3.31. The molecule has 1 heterocycles. The molecule has 3 N–H and O–H groups in total. The van der Waals surface area contributed by atoms with E-state index in [0.29, 0.717) is 28.8 Å². The molecule has 4 rings (SSSR count). The molecule has 14 heteroatoms. The zero-order valence-electron chi connectivity index (χ0n) is 25.1. The van der Waals surface area contributed by atoms with Gasteiger partial charge in [-0.15, -0.1) is 0 Å². The number of ether oxygens (including phenoxy) is 1. The van der Waals surface area contributed by atoms with E-state index in [-0.39, 0.29) is 15.7 Å². The largest absolute Gasteiger partial charge is 0.497 e. The van der Waals surface area contributed by atoms with Crippen molar-refractivity contribution in [2.45, 2.75) is 30.6 Å². The molecule has 3 aromatic carbocycles. The fourth-order valence-electron chi connectivity index (χ4n) is 3.90. The Kier molecular flexibility index (Phi) is 9.65. The van der Waals surface area contributed by atoms with E-state index in [1.165, 1.54) is 24.3 Å². The van der Waals surface area contributed by atoms with Crippen molar-refractivity contribution in [3.05, 3.63) is 89.5 Å². The predicted molar refractivity (Wildman–Crippen MR) is 174 cm³/mol. The Balaban J connectivity index is 1.63. The van der Waals surface area contributed by atoms with Crippen molar-refractivity contribution < 1.29 is 21.6 Å². The van der Waals surface area contributed by atoms with Crippen LogP contribution in [0.4, 0.5) is 23.3 Å². The predicted octanol–water partition coefficient (Wildman–Crippen LogP) is 5.02. The van der Waals surface area contributed by atoms with Crippen LogP contribution in [0.1, 0.15) is 30.5 Å². The molecular formula is C30H33N7O5S2. The summed E-state index contributed by atoms with van der Waals surface area (Å²) in [5.74, 6) is 1.62. The summed E-state index contributed by atoms with van der Waals surface area (Å²) < 4.78 is 52.5. The van der Waals surface area contributed by atoms with E-state index in [0.717, 1.165) is 34.9 Å². The summed E-state index contributed by atoms with van der Waals surface area (Å²) >= 11 is 0. The second-order valence-corrected chi connectivity index (χ2v) is 14.0. The number of hydrogen-bond acceptors (Lipinski definition) is 12. The normalized spacial score (nSPS) is 12.5. The summed E-state index contributed by atoms with van der Waals surface area (Å²) in [5, 5.41) is 12.1. The van der Waals surface area contributed by atoms with E-state index in [9.17, 15) is 16.8 Å². The van der Waals surface area contributed by atoms with Crippen LogP contribution in [-0.4, -0.2) is 57.8 Å². The summed E-state index contributed by atoms with van der Waals surface area (Å²) in [6, 6.07) is 20.1. The van der Waals surface area contributed by atoms with E-state index in [1.807, 2.05) is 25.1 Å². The van der Waals surface area contributed by atoms with Crippen LogP contribution in [-0.2, 0) is 19.7 Å². The number of anilines is 4. The van der Waals surface area contributed by atoms with E-state index < -0.39 is 19.7 Å². The van der Waals surface area contributed by atoms with E-state index >= 15 is 0 Å². The molecule has 0 saturated carbocycles. The molecule has 0 radical (unpaired) electrons. The number of aryl methyl sites for hydroxylation is 1. The Labute approximate surface area is 257 Å². The quantitative estimate of drug-likeness (QED) is 0.151. The molecule has 0 unspecified atom stereocenters. The second kappa shape index (κ2) is 13.2. The number of nitrogens with one attached hydrogen (secondary N) is 3. The zero-order chi connectivity index (χ0) is 32.1. The summed E-state index contributed by atoms with van der Waals surface area (Å²) in [6.45, 7) is 5.50. The van der Waals surface area contributed by atoms with Gasteiger partial charge in [0, 0.05) is 30.3 Å². The number of rotatable bonds is 11. The summed E-state index contributed by atoms with van der Waals surface area (Å²) in [5.41, 5.74) is 10.2. The number of nitrogens with zero attached hydrogens (tertiary/aromatic N) is 4. The van der Waals surface area contributed by atoms with E-state index in [2.05, 4.69) is 36.3 Å². The van der Waals surface area contributed by atoms with Crippen LogP contribution in [0.3, 0.4) is 0 Å². The molecule has 0 atom stereocenters. The minimum absolute atomic E-state index is 0.222. The van der Waals surface area contributed by atoms with Crippen LogP contribution in [0.5, 0.6) is 5.75 Å². The van der Waals surface area contributed by atoms with Crippen molar-refractivity contribution in [3.63, 3.8) is 0 Å².